The molecular weight excluding hydrogens is 234 g/mol. The van der Waals surface area contributed by atoms with Crippen molar-refractivity contribution >= 4 is 0 Å². The van der Waals surface area contributed by atoms with Gasteiger partial charge in [0.25, 0.3) is 0 Å². The number of benzene rings is 1. The third-order valence-corrected chi connectivity index (χ3v) is 3.96. The monoisotopic (exact) mass is 261 g/mol. The van der Waals surface area contributed by atoms with Crippen LogP contribution < -0.4 is 5.32 Å². The van der Waals surface area contributed by atoms with Crippen LogP contribution in [0.15, 0.2) is 24.3 Å². The van der Waals surface area contributed by atoms with Crippen LogP contribution in [-0.4, -0.2) is 19.3 Å². The maximum absolute atomic E-state index is 5.76. The lowest BCUT2D eigenvalue weighted by Gasteiger charge is -2.26. The van der Waals surface area contributed by atoms with Crippen molar-refractivity contribution in [3.8, 4) is 0 Å². The highest BCUT2D eigenvalue weighted by Crippen LogP contribution is 2.36. The van der Waals surface area contributed by atoms with Gasteiger partial charge >= 0.3 is 0 Å². The minimum atomic E-state index is 0.287. The molecule has 1 fully saturated rings. The van der Waals surface area contributed by atoms with Crippen molar-refractivity contribution in [1.29, 1.82) is 0 Å². The van der Waals surface area contributed by atoms with Crippen molar-refractivity contribution < 1.29 is 4.74 Å². The maximum atomic E-state index is 5.76. The number of nitrogens with one attached hydrogen (secondary N) is 1. The van der Waals surface area contributed by atoms with Crippen molar-refractivity contribution in [1.82, 2.24) is 5.32 Å². The second-order valence-electron chi connectivity index (χ2n) is 5.79. The van der Waals surface area contributed by atoms with Gasteiger partial charge in [0, 0.05) is 0 Å². The minimum absolute atomic E-state index is 0.287. The molecule has 1 aliphatic rings. The zero-order valence-corrected chi connectivity index (χ0v) is 12.5. The summed E-state index contributed by atoms with van der Waals surface area (Å²) >= 11 is 0. The Morgan fingerprint density at radius 3 is 2.37 bits per heavy atom. The molecule has 1 unspecified atom stereocenters. The molecule has 2 rings (SSSR count). The van der Waals surface area contributed by atoms with Gasteiger partial charge in [-0.3, -0.25) is 0 Å². The Morgan fingerprint density at radius 2 is 1.89 bits per heavy atom. The molecular formula is C17H27NO. The van der Waals surface area contributed by atoms with Crippen molar-refractivity contribution in [2.24, 2.45) is 0 Å². The van der Waals surface area contributed by atoms with E-state index < -0.39 is 0 Å². The van der Waals surface area contributed by atoms with Crippen molar-refractivity contribution in [3.05, 3.63) is 35.4 Å². The summed E-state index contributed by atoms with van der Waals surface area (Å²) in [6.45, 7) is 8.03. The second kappa shape index (κ2) is 7.06. The predicted octanol–water partition coefficient (Wildman–Crippen LogP) is 4.03. The summed E-state index contributed by atoms with van der Waals surface area (Å²) in [6.07, 6.45) is 4.42. The lowest BCUT2D eigenvalue weighted by molar-refractivity contribution is 0.0614. The Balaban J connectivity index is 1.99. The Morgan fingerprint density at radius 1 is 1.21 bits per heavy atom. The van der Waals surface area contributed by atoms with E-state index in [4.69, 9.17) is 4.74 Å². The fourth-order valence-electron chi connectivity index (χ4n) is 2.55. The van der Waals surface area contributed by atoms with E-state index >= 15 is 0 Å². The molecule has 106 valence electrons. The highest BCUT2D eigenvalue weighted by atomic mass is 16.5. The summed E-state index contributed by atoms with van der Waals surface area (Å²) in [5, 5.41) is 3.51. The molecule has 0 spiro atoms. The summed E-state index contributed by atoms with van der Waals surface area (Å²) in [6, 6.07) is 9.45. The SMILES string of the molecule is CCNC(COC(C)C)c1ccc(C2CCC2)cc1. The molecule has 0 aromatic heterocycles. The molecule has 1 saturated carbocycles. The summed E-state index contributed by atoms with van der Waals surface area (Å²) in [4.78, 5) is 0. The highest BCUT2D eigenvalue weighted by Gasteiger charge is 2.19. The van der Waals surface area contributed by atoms with E-state index in [9.17, 15) is 0 Å². The fourth-order valence-corrected chi connectivity index (χ4v) is 2.55. The molecule has 0 radical (unpaired) electrons. The average molecular weight is 261 g/mol. The van der Waals surface area contributed by atoms with Gasteiger partial charge < -0.3 is 10.1 Å². The van der Waals surface area contributed by atoms with E-state index in [1.807, 2.05) is 0 Å². The normalized spacial score (nSPS) is 17.5. The lowest BCUT2D eigenvalue weighted by atomic mass is 9.80. The van der Waals surface area contributed by atoms with Gasteiger partial charge in [-0.25, -0.2) is 0 Å². The van der Waals surface area contributed by atoms with Gasteiger partial charge in [0.05, 0.1) is 18.8 Å². The van der Waals surface area contributed by atoms with E-state index in [0.717, 1.165) is 19.1 Å². The van der Waals surface area contributed by atoms with Gasteiger partial charge in [-0.15, -0.1) is 0 Å². The highest BCUT2D eigenvalue weighted by molar-refractivity contribution is 5.28. The van der Waals surface area contributed by atoms with Crippen LogP contribution in [0.2, 0.25) is 0 Å². The molecule has 0 saturated heterocycles. The van der Waals surface area contributed by atoms with Gasteiger partial charge in [-0.2, -0.15) is 0 Å². The smallest absolute Gasteiger partial charge is 0.0664 e. The molecule has 0 aliphatic heterocycles. The molecule has 0 amide bonds. The lowest BCUT2D eigenvalue weighted by Crippen LogP contribution is -2.26. The molecule has 2 heteroatoms. The molecule has 1 atom stereocenters. The first-order valence-corrected chi connectivity index (χ1v) is 7.65. The third kappa shape index (κ3) is 4.05. The Hall–Kier alpha value is -0.860. The van der Waals surface area contributed by atoms with E-state index in [1.54, 1.807) is 0 Å². The molecule has 0 bridgehead atoms. The Bertz CT molecular complexity index is 367. The number of hydrogen-bond donors (Lipinski definition) is 1. The van der Waals surface area contributed by atoms with Crippen molar-refractivity contribution in [2.75, 3.05) is 13.2 Å². The topological polar surface area (TPSA) is 21.3 Å². The van der Waals surface area contributed by atoms with Crippen molar-refractivity contribution in [2.45, 2.75) is 58.1 Å². The molecule has 1 aliphatic carbocycles. The van der Waals surface area contributed by atoms with E-state index in [2.05, 4.69) is 50.4 Å². The number of rotatable bonds is 7. The standard InChI is InChI=1S/C17H27NO/c1-4-18-17(12-19-13(2)3)16-10-8-15(9-11-16)14-6-5-7-14/h8-11,13-14,17-18H,4-7,12H2,1-3H3. The van der Waals surface area contributed by atoms with Gasteiger partial charge in [0.15, 0.2) is 0 Å². The minimum Gasteiger partial charge on any atom is -0.377 e. The second-order valence-corrected chi connectivity index (χ2v) is 5.79. The first kappa shape index (κ1) is 14.5. The van der Waals surface area contributed by atoms with E-state index in [-0.39, 0.29) is 6.10 Å². The Kier molecular flexibility index (Phi) is 5.41. The largest absolute Gasteiger partial charge is 0.377 e. The molecule has 1 N–H and O–H groups in total. The zero-order valence-electron chi connectivity index (χ0n) is 12.5. The Labute approximate surface area is 117 Å². The van der Waals surface area contributed by atoms with E-state index in [1.165, 1.54) is 30.4 Å². The summed E-state index contributed by atoms with van der Waals surface area (Å²) in [5.74, 6) is 0.818. The van der Waals surface area contributed by atoms with Crippen LogP contribution in [0, 0.1) is 0 Å². The van der Waals surface area contributed by atoms with Crippen LogP contribution in [0.1, 0.15) is 63.1 Å². The zero-order chi connectivity index (χ0) is 13.7. The van der Waals surface area contributed by atoms with Gasteiger partial charge in [-0.05, 0) is 50.3 Å². The van der Waals surface area contributed by atoms with E-state index in [0.29, 0.717) is 6.04 Å². The van der Waals surface area contributed by atoms with Crippen LogP contribution >= 0.6 is 0 Å². The van der Waals surface area contributed by atoms with Gasteiger partial charge in [0.2, 0.25) is 0 Å². The van der Waals surface area contributed by atoms with Crippen LogP contribution in [-0.2, 0) is 4.74 Å². The van der Waals surface area contributed by atoms with Gasteiger partial charge in [0.1, 0.15) is 0 Å². The fraction of sp³-hybridized carbons (Fsp3) is 0.647. The third-order valence-electron chi connectivity index (χ3n) is 3.96. The quantitative estimate of drug-likeness (QED) is 0.800. The molecule has 1 aromatic rings. The first-order valence-electron chi connectivity index (χ1n) is 7.65. The number of likely N-dealkylation sites (N-methyl/N-ethyl adjacent to an activating group) is 1. The summed E-state index contributed by atoms with van der Waals surface area (Å²) < 4.78 is 5.76. The van der Waals surface area contributed by atoms with Crippen LogP contribution in [0.25, 0.3) is 0 Å². The van der Waals surface area contributed by atoms with Crippen LogP contribution in [0.3, 0.4) is 0 Å². The average Bonchev–Trinajstić information content (AvgIpc) is 2.33. The number of hydrogen-bond acceptors (Lipinski definition) is 2. The summed E-state index contributed by atoms with van der Waals surface area (Å²) in [5.41, 5.74) is 2.85. The molecule has 19 heavy (non-hydrogen) atoms. The number of ether oxygens (including phenoxy) is 1. The molecule has 2 nitrogen and oxygen atoms in total. The van der Waals surface area contributed by atoms with Crippen molar-refractivity contribution in [3.63, 3.8) is 0 Å². The maximum Gasteiger partial charge on any atom is 0.0664 e. The van der Waals surface area contributed by atoms with Gasteiger partial charge in [-0.1, -0.05) is 37.6 Å². The molecule has 1 aromatic carbocycles. The van der Waals surface area contributed by atoms with Crippen LogP contribution in [0.4, 0.5) is 0 Å². The first-order chi connectivity index (χ1) is 9.20. The predicted molar refractivity (Wildman–Crippen MR) is 80.5 cm³/mol. The van der Waals surface area contributed by atoms with Crippen LogP contribution in [0.5, 0.6) is 0 Å². The molecule has 0 heterocycles. The summed E-state index contributed by atoms with van der Waals surface area (Å²) in [7, 11) is 0.